The first-order valence-electron chi connectivity index (χ1n) is 3.03. The standard InChI is InChI=1S/C7H6N3/c1-2-6-4-9-10-5-7(6)8-3-1/h1-5,10H. The highest BCUT2D eigenvalue weighted by atomic mass is 15.3. The highest BCUT2D eigenvalue weighted by Crippen LogP contribution is 2.11. The number of hydrazone groups is 1. The fraction of sp³-hybridized carbons (Fsp3) is 0. The average molecular weight is 132 g/mol. The fourth-order valence-electron chi connectivity index (χ4n) is 0.865. The predicted molar refractivity (Wildman–Crippen MR) is 39.1 cm³/mol. The van der Waals surface area contributed by atoms with Crippen LogP contribution in [0.1, 0.15) is 0 Å². The van der Waals surface area contributed by atoms with Crippen molar-refractivity contribution in [2.24, 2.45) is 5.10 Å². The summed E-state index contributed by atoms with van der Waals surface area (Å²) in [7, 11) is 0. The minimum absolute atomic E-state index is 0.942. The van der Waals surface area contributed by atoms with Gasteiger partial charge in [-0.05, 0) is 12.2 Å². The molecule has 0 saturated carbocycles. The molecule has 0 aliphatic carbocycles. The van der Waals surface area contributed by atoms with Crippen molar-refractivity contribution in [2.75, 3.05) is 0 Å². The van der Waals surface area contributed by atoms with E-state index < -0.39 is 0 Å². The zero-order valence-electron chi connectivity index (χ0n) is 5.28. The van der Waals surface area contributed by atoms with Crippen molar-refractivity contribution in [2.45, 2.75) is 0 Å². The summed E-state index contributed by atoms with van der Waals surface area (Å²) in [6.07, 6.45) is 9.15. The van der Waals surface area contributed by atoms with Crippen LogP contribution in [0, 0.1) is 0 Å². The van der Waals surface area contributed by atoms with Crippen molar-refractivity contribution < 1.29 is 0 Å². The summed E-state index contributed by atoms with van der Waals surface area (Å²) >= 11 is 0. The summed E-state index contributed by atoms with van der Waals surface area (Å²) in [5.41, 5.74) is 4.72. The number of nitrogens with one attached hydrogen (secondary N) is 1. The quantitative estimate of drug-likeness (QED) is 0.511. The van der Waals surface area contributed by atoms with Crippen molar-refractivity contribution in [1.29, 1.82) is 0 Å². The molecular weight excluding hydrogens is 126 g/mol. The molecule has 10 heavy (non-hydrogen) atoms. The summed E-state index contributed by atoms with van der Waals surface area (Å²) in [4.78, 5) is 0. The SMILES string of the molecule is C1=C[N]C2=CNN=CC2=C1. The summed E-state index contributed by atoms with van der Waals surface area (Å²) in [6.45, 7) is 0. The van der Waals surface area contributed by atoms with Gasteiger partial charge in [-0.1, -0.05) is 0 Å². The largest absolute Gasteiger partial charge is 0.284 e. The lowest BCUT2D eigenvalue weighted by molar-refractivity contribution is 0.905. The van der Waals surface area contributed by atoms with Crippen LogP contribution in [0.3, 0.4) is 0 Å². The van der Waals surface area contributed by atoms with E-state index >= 15 is 0 Å². The van der Waals surface area contributed by atoms with Crippen LogP contribution in [-0.4, -0.2) is 6.21 Å². The Balaban J connectivity index is 2.39. The molecule has 2 aliphatic heterocycles. The number of fused-ring (bicyclic) bond motifs is 1. The van der Waals surface area contributed by atoms with Gasteiger partial charge in [-0.25, -0.2) is 0 Å². The molecule has 0 aromatic heterocycles. The molecule has 3 heteroatoms. The van der Waals surface area contributed by atoms with Crippen LogP contribution in [0.25, 0.3) is 0 Å². The lowest BCUT2D eigenvalue weighted by atomic mass is 10.1. The van der Waals surface area contributed by atoms with Crippen LogP contribution < -0.4 is 10.7 Å². The Kier molecular flexibility index (Phi) is 1.07. The molecule has 0 unspecified atom stereocenters. The molecule has 0 fully saturated rings. The second kappa shape index (κ2) is 2.02. The maximum atomic E-state index is 4.11. The van der Waals surface area contributed by atoms with Gasteiger partial charge in [-0.2, -0.15) is 5.10 Å². The van der Waals surface area contributed by atoms with Gasteiger partial charge in [0.2, 0.25) is 0 Å². The van der Waals surface area contributed by atoms with Crippen molar-refractivity contribution in [3.63, 3.8) is 0 Å². The molecule has 49 valence electrons. The minimum Gasteiger partial charge on any atom is -0.284 e. The van der Waals surface area contributed by atoms with E-state index in [1.54, 1.807) is 18.6 Å². The average Bonchev–Trinajstić information content (AvgIpc) is 2.05. The van der Waals surface area contributed by atoms with E-state index in [2.05, 4.69) is 15.8 Å². The maximum Gasteiger partial charge on any atom is 0.0894 e. The molecule has 0 spiro atoms. The van der Waals surface area contributed by atoms with Crippen LogP contribution in [-0.2, 0) is 0 Å². The molecule has 1 N–H and O–H groups in total. The van der Waals surface area contributed by atoms with E-state index in [0.717, 1.165) is 11.3 Å². The summed E-state index contributed by atoms with van der Waals surface area (Å²) < 4.78 is 0. The van der Waals surface area contributed by atoms with E-state index in [1.807, 2.05) is 12.2 Å². The second-order valence-electron chi connectivity index (χ2n) is 2.01. The zero-order valence-corrected chi connectivity index (χ0v) is 5.28. The monoisotopic (exact) mass is 132 g/mol. The molecule has 2 heterocycles. The third kappa shape index (κ3) is 0.719. The zero-order chi connectivity index (χ0) is 6.81. The third-order valence-electron chi connectivity index (χ3n) is 1.35. The van der Waals surface area contributed by atoms with E-state index in [4.69, 9.17) is 0 Å². The van der Waals surface area contributed by atoms with Gasteiger partial charge in [-0.15, -0.1) is 0 Å². The number of rotatable bonds is 0. The van der Waals surface area contributed by atoms with Gasteiger partial charge in [0.25, 0.3) is 0 Å². The van der Waals surface area contributed by atoms with Gasteiger partial charge >= 0.3 is 0 Å². The fourth-order valence-corrected chi connectivity index (χ4v) is 0.865. The van der Waals surface area contributed by atoms with Crippen molar-refractivity contribution in [3.8, 4) is 0 Å². The van der Waals surface area contributed by atoms with E-state index in [0.29, 0.717) is 0 Å². The normalized spacial score (nSPS) is 20.0. The number of hydrogen-bond donors (Lipinski definition) is 1. The predicted octanol–water partition coefficient (Wildman–Crippen LogP) is 0.475. The molecule has 0 bridgehead atoms. The molecule has 1 radical (unpaired) electrons. The molecule has 3 nitrogen and oxygen atoms in total. The summed E-state index contributed by atoms with van der Waals surface area (Å²) in [6, 6.07) is 0. The number of allylic oxidation sites excluding steroid dienone is 3. The Hall–Kier alpha value is -1.51. The van der Waals surface area contributed by atoms with Crippen molar-refractivity contribution in [1.82, 2.24) is 10.7 Å². The van der Waals surface area contributed by atoms with Gasteiger partial charge in [0.05, 0.1) is 11.9 Å². The van der Waals surface area contributed by atoms with Crippen molar-refractivity contribution >= 4 is 6.21 Å². The van der Waals surface area contributed by atoms with Gasteiger partial charge in [0.1, 0.15) is 0 Å². The molecule has 0 aromatic rings. The van der Waals surface area contributed by atoms with Crippen LogP contribution in [0.15, 0.2) is 40.9 Å². The summed E-state index contributed by atoms with van der Waals surface area (Å²) in [5.74, 6) is 0. The molecule has 2 rings (SSSR count). The van der Waals surface area contributed by atoms with Gasteiger partial charge < -0.3 is 0 Å². The second-order valence-corrected chi connectivity index (χ2v) is 2.01. The van der Waals surface area contributed by atoms with Crippen LogP contribution in [0.4, 0.5) is 0 Å². The van der Waals surface area contributed by atoms with E-state index in [-0.39, 0.29) is 0 Å². The molecule has 0 atom stereocenters. The lowest BCUT2D eigenvalue weighted by Crippen LogP contribution is -2.13. The first-order chi connectivity index (χ1) is 4.97. The Labute approximate surface area is 58.8 Å². The smallest absolute Gasteiger partial charge is 0.0894 e. The van der Waals surface area contributed by atoms with Crippen molar-refractivity contribution in [3.05, 3.63) is 35.8 Å². The molecule has 2 aliphatic rings. The molecule has 0 saturated heterocycles. The first-order valence-corrected chi connectivity index (χ1v) is 3.03. The number of hydrogen-bond acceptors (Lipinski definition) is 2. The molecule has 0 aromatic carbocycles. The van der Waals surface area contributed by atoms with Gasteiger partial charge in [0, 0.05) is 18.0 Å². The Morgan fingerprint density at radius 3 is 3.30 bits per heavy atom. The topological polar surface area (TPSA) is 38.5 Å². The first kappa shape index (κ1) is 5.29. The lowest BCUT2D eigenvalue weighted by Gasteiger charge is -2.11. The molecular formula is C7H6N3. The van der Waals surface area contributed by atoms with Gasteiger partial charge in [0.15, 0.2) is 0 Å². The third-order valence-corrected chi connectivity index (χ3v) is 1.35. The van der Waals surface area contributed by atoms with E-state index in [1.165, 1.54) is 0 Å². The van der Waals surface area contributed by atoms with Crippen LogP contribution >= 0.6 is 0 Å². The Bertz CT molecular complexity index is 258. The van der Waals surface area contributed by atoms with Crippen LogP contribution in [0.5, 0.6) is 0 Å². The Morgan fingerprint density at radius 1 is 1.40 bits per heavy atom. The Morgan fingerprint density at radius 2 is 2.40 bits per heavy atom. The van der Waals surface area contributed by atoms with Gasteiger partial charge in [-0.3, -0.25) is 10.7 Å². The minimum atomic E-state index is 0.942. The highest BCUT2D eigenvalue weighted by Gasteiger charge is 2.07. The summed E-state index contributed by atoms with van der Waals surface area (Å²) in [5, 5.41) is 7.96. The maximum absolute atomic E-state index is 4.11. The highest BCUT2D eigenvalue weighted by molar-refractivity contribution is 5.86. The van der Waals surface area contributed by atoms with Crippen LogP contribution in [0.2, 0.25) is 0 Å². The van der Waals surface area contributed by atoms with E-state index in [9.17, 15) is 0 Å². The molecule has 0 amide bonds. The number of nitrogens with zero attached hydrogens (tertiary/aromatic N) is 2.